The van der Waals surface area contributed by atoms with Gasteiger partial charge in [0.2, 0.25) is 5.88 Å². The zero-order valence-corrected chi connectivity index (χ0v) is 16.5. The molecule has 7 heteroatoms. The number of nitrogens with zero attached hydrogens (tertiary/aromatic N) is 3. The summed E-state index contributed by atoms with van der Waals surface area (Å²) in [5, 5.41) is 6.81. The standard InChI is InChI=1S/C19H33N5O2/c1-5-20-19(21-13-16-7-6-8-18(23-16)25-4)22-14-17(15(2)3)24-9-11-26-12-10-24/h6-8,15,17H,5,9-14H2,1-4H3,(H2,20,21,22). The van der Waals surface area contributed by atoms with Gasteiger partial charge >= 0.3 is 0 Å². The minimum Gasteiger partial charge on any atom is -0.481 e. The van der Waals surface area contributed by atoms with Gasteiger partial charge in [-0.1, -0.05) is 19.9 Å². The zero-order valence-electron chi connectivity index (χ0n) is 16.5. The van der Waals surface area contributed by atoms with Crippen molar-refractivity contribution < 1.29 is 9.47 Å². The molecule has 2 heterocycles. The second-order valence-electron chi connectivity index (χ2n) is 6.71. The van der Waals surface area contributed by atoms with Crippen LogP contribution in [0.2, 0.25) is 0 Å². The number of pyridine rings is 1. The number of aromatic nitrogens is 1. The zero-order chi connectivity index (χ0) is 18.8. The third-order valence-electron chi connectivity index (χ3n) is 4.50. The van der Waals surface area contributed by atoms with Crippen LogP contribution < -0.4 is 15.4 Å². The van der Waals surface area contributed by atoms with Gasteiger partial charge in [-0.15, -0.1) is 0 Å². The molecule has 1 atom stereocenters. The van der Waals surface area contributed by atoms with Gasteiger partial charge in [-0.2, -0.15) is 0 Å². The SMILES string of the molecule is CCNC(=NCc1cccc(OC)n1)NCC(C(C)C)N1CCOCC1. The van der Waals surface area contributed by atoms with Crippen LogP contribution in [0.3, 0.4) is 0 Å². The van der Waals surface area contributed by atoms with Crippen LogP contribution in [0.15, 0.2) is 23.2 Å². The molecule has 7 nitrogen and oxygen atoms in total. The van der Waals surface area contributed by atoms with Crippen LogP contribution in [0.25, 0.3) is 0 Å². The summed E-state index contributed by atoms with van der Waals surface area (Å²) in [4.78, 5) is 11.6. The van der Waals surface area contributed by atoms with Crippen LogP contribution in [0.1, 0.15) is 26.5 Å². The largest absolute Gasteiger partial charge is 0.481 e. The molecule has 0 amide bonds. The van der Waals surface area contributed by atoms with Crippen LogP contribution in [-0.4, -0.2) is 68.4 Å². The molecule has 2 N–H and O–H groups in total. The number of morpholine rings is 1. The van der Waals surface area contributed by atoms with Crippen LogP contribution in [0.4, 0.5) is 0 Å². The molecule has 0 aromatic carbocycles. The molecule has 1 unspecified atom stereocenters. The van der Waals surface area contributed by atoms with Gasteiger partial charge < -0.3 is 20.1 Å². The Labute approximate surface area is 157 Å². The summed E-state index contributed by atoms with van der Waals surface area (Å²) in [6, 6.07) is 6.19. The number of hydrogen-bond donors (Lipinski definition) is 2. The molecule has 2 rings (SSSR count). The van der Waals surface area contributed by atoms with Gasteiger partial charge in [-0.3, -0.25) is 4.90 Å². The topological polar surface area (TPSA) is 71.0 Å². The molecular formula is C19H33N5O2. The maximum atomic E-state index is 5.48. The van der Waals surface area contributed by atoms with Crippen molar-refractivity contribution in [3.63, 3.8) is 0 Å². The Morgan fingerprint density at radius 1 is 1.31 bits per heavy atom. The van der Waals surface area contributed by atoms with Gasteiger partial charge in [-0.25, -0.2) is 9.98 Å². The lowest BCUT2D eigenvalue weighted by Crippen LogP contribution is -2.52. The van der Waals surface area contributed by atoms with E-state index in [4.69, 9.17) is 9.47 Å². The van der Waals surface area contributed by atoms with Gasteiger partial charge in [0, 0.05) is 38.3 Å². The number of methoxy groups -OCH3 is 1. The number of nitrogens with one attached hydrogen (secondary N) is 2. The molecule has 1 saturated heterocycles. The fraction of sp³-hybridized carbons (Fsp3) is 0.684. The lowest BCUT2D eigenvalue weighted by Gasteiger charge is -2.37. The number of rotatable bonds is 8. The van der Waals surface area contributed by atoms with Crippen LogP contribution in [0.5, 0.6) is 5.88 Å². The fourth-order valence-electron chi connectivity index (χ4n) is 3.06. The molecule has 1 aromatic heterocycles. The monoisotopic (exact) mass is 363 g/mol. The first-order chi connectivity index (χ1) is 12.6. The second-order valence-corrected chi connectivity index (χ2v) is 6.71. The summed E-state index contributed by atoms with van der Waals surface area (Å²) in [7, 11) is 1.62. The van der Waals surface area contributed by atoms with E-state index in [1.54, 1.807) is 7.11 Å². The van der Waals surface area contributed by atoms with E-state index in [1.165, 1.54) is 0 Å². The van der Waals surface area contributed by atoms with E-state index in [9.17, 15) is 0 Å². The van der Waals surface area contributed by atoms with Crippen molar-refractivity contribution in [3.8, 4) is 5.88 Å². The first kappa shape index (κ1) is 20.5. The Bertz CT molecular complexity index is 559. The normalized spacial score (nSPS) is 17.2. The highest BCUT2D eigenvalue weighted by atomic mass is 16.5. The van der Waals surface area contributed by atoms with Gasteiger partial charge in [-0.05, 0) is 18.9 Å². The van der Waals surface area contributed by atoms with Crippen LogP contribution in [-0.2, 0) is 11.3 Å². The quantitative estimate of drug-likeness (QED) is 0.539. The van der Waals surface area contributed by atoms with E-state index in [1.807, 2.05) is 18.2 Å². The molecule has 0 saturated carbocycles. The smallest absolute Gasteiger partial charge is 0.213 e. The maximum Gasteiger partial charge on any atom is 0.213 e. The van der Waals surface area contributed by atoms with Crippen molar-refractivity contribution in [3.05, 3.63) is 23.9 Å². The van der Waals surface area contributed by atoms with Gasteiger partial charge in [0.25, 0.3) is 0 Å². The molecule has 1 aliphatic rings. The summed E-state index contributed by atoms with van der Waals surface area (Å²) >= 11 is 0. The maximum absolute atomic E-state index is 5.48. The molecule has 1 aromatic rings. The number of ether oxygens (including phenoxy) is 2. The summed E-state index contributed by atoms with van der Waals surface area (Å²) in [5.74, 6) is 1.99. The second kappa shape index (κ2) is 11.0. The van der Waals surface area contributed by atoms with E-state index in [0.29, 0.717) is 24.4 Å². The van der Waals surface area contributed by atoms with Crippen LogP contribution in [0, 0.1) is 5.92 Å². The van der Waals surface area contributed by atoms with Crippen molar-refractivity contribution in [2.75, 3.05) is 46.5 Å². The molecule has 0 aliphatic carbocycles. The predicted octanol–water partition coefficient (Wildman–Crippen LogP) is 1.50. The van der Waals surface area contributed by atoms with Crippen molar-refractivity contribution in [2.45, 2.75) is 33.4 Å². The molecule has 1 aliphatic heterocycles. The lowest BCUT2D eigenvalue weighted by molar-refractivity contribution is 0.00752. The molecule has 0 spiro atoms. The summed E-state index contributed by atoms with van der Waals surface area (Å²) in [5.41, 5.74) is 0.884. The molecule has 146 valence electrons. The average Bonchev–Trinajstić information content (AvgIpc) is 2.67. The highest BCUT2D eigenvalue weighted by molar-refractivity contribution is 5.79. The van der Waals surface area contributed by atoms with Gasteiger partial charge in [0.1, 0.15) is 0 Å². The summed E-state index contributed by atoms with van der Waals surface area (Å²) in [6.45, 7) is 12.4. The molecule has 26 heavy (non-hydrogen) atoms. The Balaban J connectivity index is 1.96. The first-order valence-electron chi connectivity index (χ1n) is 9.48. The van der Waals surface area contributed by atoms with E-state index in [-0.39, 0.29) is 0 Å². The number of guanidine groups is 1. The van der Waals surface area contributed by atoms with Crippen molar-refractivity contribution >= 4 is 5.96 Å². The molecule has 0 radical (unpaired) electrons. The summed E-state index contributed by atoms with van der Waals surface area (Å²) < 4.78 is 10.7. The van der Waals surface area contributed by atoms with Gasteiger partial charge in [0.15, 0.2) is 5.96 Å². The number of aliphatic imine (C=N–C) groups is 1. The Kier molecular flexibility index (Phi) is 8.64. The molecule has 1 fully saturated rings. The third kappa shape index (κ3) is 6.46. The highest BCUT2D eigenvalue weighted by Crippen LogP contribution is 2.12. The highest BCUT2D eigenvalue weighted by Gasteiger charge is 2.23. The minimum absolute atomic E-state index is 0.456. The number of hydrogen-bond acceptors (Lipinski definition) is 5. The van der Waals surface area contributed by atoms with Crippen molar-refractivity contribution in [1.29, 1.82) is 0 Å². The lowest BCUT2D eigenvalue weighted by atomic mass is 10.0. The minimum atomic E-state index is 0.456. The predicted molar refractivity (Wildman–Crippen MR) is 105 cm³/mol. The van der Waals surface area contributed by atoms with E-state index in [0.717, 1.165) is 51.0 Å². The summed E-state index contributed by atoms with van der Waals surface area (Å²) in [6.07, 6.45) is 0. The van der Waals surface area contributed by atoms with Crippen LogP contribution >= 0.6 is 0 Å². The van der Waals surface area contributed by atoms with E-state index < -0.39 is 0 Å². The van der Waals surface area contributed by atoms with Crippen molar-refractivity contribution in [2.24, 2.45) is 10.9 Å². The Hall–Kier alpha value is -1.86. The van der Waals surface area contributed by atoms with Gasteiger partial charge in [0.05, 0.1) is 32.6 Å². The first-order valence-corrected chi connectivity index (χ1v) is 9.48. The Morgan fingerprint density at radius 2 is 2.08 bits per heavy atom. The molecule has 0 bridgehead atoms. The average molecular weight is 364 g/mol. The van der Waals surface area contributed by atoms with E-state index in [2.05, 4.69) is 46.3 Å². The Morgan fingerprint density at radius 3 is 2.73 bits per heavy atom. The van der Waals surface area contributed by atoms with E-state index >= 15 is 0 Å². The molecular weight excluding hydrogens is 330 g/mol. The fourth-order valence-corrected chi connectivity index (χ4v) is 3.06. The van der Waals surface area contributed by atoms with Crippen molar-refractivity contribution in [1.82, 2.24) is 20.5 Å². The third-order valence-corrected chi connectivity index (χ3v) is 4.50.